The Bertz CT molecular complexity index is 283. The van der Waals surface area contributed by atoms with E-state index in [1.807, 2.05) is 0 Å². The third-order valence-corrected chi connectivity index (χ3v) is 3.26. The number of Topliss-reactive ketones (excluding diaryl/α,β-unsaturated/α-hetero) is 1. The average Bonchev–Trinajstić information content (AvgIpc) is 2.54. The second-order valence-corrected chi connectivity index (χ2v) is 3.80. The molecule has 0 radical (unpaired) electrons. The van der Waals surface area contributed by atoms with E-state index in [0.29, 0.717) is 6.61 Å². The molecular formula is C10H12O3. The van der Waals surface area contributed by atoms with Gasteiger partial charge in [-0.25, -0.2) is 0 Å². The molecule has 0 bridgehead atoms. The second kappa shape index (κ2) is 2.44. The van der Waals surface area contributed by atoms with E-state index in [0.717, 1.165) is 18.4 Å². The smallest absolute Gasteiger partial charge is 0.324 e. The first-order chi connectivity index (χ1) is 6.10. The van der Waals surface area contributed by atoms with Gasteiger partial charge < -0.3 is 4.74 Å². The van der Waals surface area contributed by atoms with Crippen molar-refractivity contribution in [2.24, 2.45) is 11.3 Å². The van der Waals surface area contributed by atoms with Crippen LogP contribution in [0.4, 0.5) is 0 Å². The summed E-state index contributed by atoms with van der Waals surface area (Å²) in [6.07, 6.45) is 1.63. The highest BCUT2D eigenvalue weighted by atomic mass is 16.5. The molecule has 2 fully saturated rings. The van der Waals surface area contributed by atoms with Gasteiger partial charge in [-0.2, -0.15) is 0 Å². The maximum Gasteiger partial charge on any atom is 0.324 e. The van der Waals surface area contributed by atoms with Crippen molar-refractivity contribution in [1.82, 2.24) is 0 Å². The Hall–Kier alpha value is -1.12. The molecule has 13 heavy (non-hydrogen) atoms. The highest BCUT2D eigenvalue weighted by molar-refractivity contribution is 6.07. The summed E-state index contributed by atoms with van der Waals surface area (Å²) in [5.41, 5.74) is -0.229. The summed E-state index contributed by atoms with van der Waals surface area (Å²) in [6.45, 7) is 5.66. The molecule has 1 saturated carbocycles. The monoisotopic (exact) mass is 180 g/mol. The molecule has 2 atom stereocenters. The van der Waals surface area contributed by atoms with Crippen LogP contribution in [0, 0.1) is 11.3 Å². The van der Waals surface area contributed by atoms with Crippen LogP contribution in [-0.2, 0) is 14.3 Å². The van der Waals surface area contributed by atoms with Gasteiger partial charge in [0.25, 0.3) is 0 Å². The number of fused-ring (bicyclic) bond motifs is 1. The molecule has 3 heteroatoms. The number of esters is 1. The van der Waals surface area contributed by atoms with Gasteiger partial charge in [-0.1, -0.05) is 12.2 Å². The van der Waals surface area contributed by atoms with E-state index in [1.165, 1.54) is 6.92 Å². The number of ether oxygens (including phenoxy) is 1. The summed E-state index contributed by atoms with van der Waals surface area (Å²) < 4.78 is 4.93. The molecule has 0 N–H and O–H groups in total. The summed E-state index contributed by atoms with van der Waals surface area (Å²) in [7, 11) is 0. The SMILES string of the molecule is C=C1CC[C@@H]2COC(=O)[C@]12C(C)=O. The largest absolute Gasteiger partial charge is 0.464 e. The standard InChI is InChI=1S/C10H12O3/c1-6-3-4-8-5-13-9(12)10(6,8)7(2)11/h8H,1,3-5H2,2H3/t8-,10+/m1/s1. The summed E-state index contributed by atoms with van der Waals surface area (Å²) in [5.74, 6) is -0.444. The fourth-order valence-electron chi connectivity index (χ4n) is 2.54. The van der Waals surface area contributed by atoms with Crippen LogP contribution in [0.1, 0.15) is 19.8 Å². The van der Waals surface area contributed by atoms with Crippen LogP contribution in [0.2, 0.25) is 0 Å². The minimum Gasteiger partial charge on any atom is -0.464 e. The zero-order valence-corrected chi connectivity index (χ0v) is 7.63. The van der Waals surface area contributed by atoms with Gasteiger partial charge in [-0.3, -0.25) is 9.59 Å². The molecule has 0 amide bonds. The number of hydrogen-bond acceptors (Lipinski definition) is 3. The van der Waals surface area contributed by atoms with Crippen LogP contribution in [0.3, 0.4) is 0 Å². The lowest BCUT2D eigenvalue weighted by atomic mass is 9.74. The zero-order valence-electron chi connectivity index (χ0n) is 7.63. The van der Waals surface area contributed by atoms with Crippen LogP contribution in [-0.4, -0.2) is 18.4 Å². The van der Waals surface area contributed by atoms with Crippen molar-refractivity contribution in [2.75, 3.05) is 6.61 Å². The van der Waals surface area contributed by atoms with E-state index in [-0.39, 0.29) is 17.7 Å². The lowest BCUT2D eigenvalue weighted by molar-refractivity contribution is -0.148. The van der Waals surface area contributed by atoms with Gasteiger partial charge in [-0.15, -0.1) is 0 Å². The van der Waals surface area contributed by atoms with Crippen molar-refractivity contribution in [2.45, 2.75) is 19.8 Å². The fraction of sp³-hybridized carbons (Fsp3) is 0.600. The van der Waals surface area contributed by atoms with Gasteiger partial charge in [0, 0.05) is 5.92 Å². The summed E-state index contributed by atoms with van der Waals surface area (Å²) >= 11 is 0. The van der Waals surface area contributed by atoms with Gasteiger partial charge >= 0.3 is 5.97 Å². The van der Waals surface area contributed by atoms with Crippen LogP contribution >= 0.6 is 0 Å². The first-order valence-electron chi connectivity index (χ1n) is 4.46. The third kappa shape index (κ3) is 0.794. The molecule has 1 aliphatic heterocycles. The predicted octanol–water partition coefficient (Wildman–Crippen LogP) is 1.08. The second-order valence-electron chi connectivity index (χ2n) is 3.80. The van der Waals surface area contributed by atoms with E-state index >= 15 is 0 Å². The van der Waals surface area contributed by atoms with Gasteiger partial charge in [-0.05, 0) is 19.8 Å². The van der Waals surface area contributed by atoms with Crippen molar-refractivity contribution >= 4 is 11.8 Å². The number of carbonyl (C=O) groups excluding carboxylic acids is 2. The van der Waals surface area contributed by atoms with Gasteiger partial charge in [0.1, 0.15) is 0 Å². The van der Waals surface area contributed by atoms with Crippen molar-refractivity contribution in [3.63, 3.8) is 0 Å². The summed E-state index contributed by atoms with van der Waals surface area (Å²) in [5, 5.41) is 0. The number of ketones is 1. The molecular weight excluding hydrogens is 168 g/mol. The van der Waals surface area contributed by atoms with Gasteiger partial charge in [0.15, 0.2) is 11.2 Å². The highest BCUT2D eigenvalue weighted by Crippen LogP contribution is 2.51. The Morgan fingerprint density at radius 3 is 2.92 bits per heavy atom. The Morgan fingerprint density at radius 1 is 1.69 bits per heavy atom. The molecule has 0 aromatic rings. The lowest BCUT2D eigenvalue weighted by Gasteiger charge is -2.21. The molecule has 3 nitrogen and oxygen atoms in total. The van der Waals surface area contributed by atoms with E-state index in [9.17, 15) is 9.59 Å². The first-order valence-corrected chi connectivity index (χ1v) is 4.46. The molecule has 0 spiro atoms. The summed E-state index contributed by atoms with van der Waals surface area (Å²) in [6, 6.07) is 0. The van der Waals surface area contributed by atoms with Crippen LogP contribution in [0.5, 0.6) is 0 Å². The Morgan fingerprint density at radius 2 is 2.38 bits per heavy atom. The molecule has 70 valence electrons. The molecule has 0 unspecified atom stereocenters. The van der Waals surface area contributed by atoms with E-state index in [4.69, 9.17) is 4.74 Å². The summed E-state index contributed by atoms with van der Waals surface area (Å²) in [4.78, 5) is 23.0. The minimum absolute atomic E-state index is 0.0463. The maximum atomic E-state index is 11.5. The van der Waals surface area contributed by atoms with Crippen LogP contribution in [0.15, 0.2) is 12.2 Å². The van der Waals surface area contributed by atoms with Crippen molar-refractivity contribution in [3.8, 4) is 0 Å². The third-order valence-electron chi connectivity index (χ3n) is 3.26. The number of hydrogen-bond donors (Lipinski definition) is 0. The van der Waals surface area contributed by atoms with Gasteiger partial charge in [0.05, 0.1) is 6.61 Å². The van der Waals surface area contributed by atoms with Gasteiger partial charge in [0.2, 0.25) is 0 Å². The quantitative estimate of drug-likeness (QED) is 0.344. The molecule has 1 saturated heterocycles. The van der Waals surface area contributed by atoms with Crippen LogP contribution < -0.4 is 0 Å². The number of carbonyl (C=O) groups is 2. The lowest BCUT2D eigenvalue weighted by Crippen LogP contribution is -2.37. The predicted molar refractivity (Wildman–Crippen MR) is 45.9 cm³/mol. The average molecular weight is 180 g/mol. The van der Waals surface area contributed by atoms with Crippen molar-refractivity contribution in [1.29, 1.82) is 0 Å². The minimum atomic E-state index is -0.972. The van der Waals surface area contributed by atoms with Crippen molar-refractivity contribution in [3.05, 3.63) is 12.2 Å². The maximum absolute atomic E-state index is 11.5. The molecule has 2 aliphatic rings. The van der Waals surface area contributed by atoms with E-state index in [2.05, 4.69) is 6.58 Å². The normalized spacial score (nSPS) is 37.5. The van der Waals surface area contributed by atoms with Crippen molar-refractivity contribution < 1.29 is 14.3 Å². The Kier molecular flexibility index (Phi) is 1.59. The first kappa shape index (κ1) is 8.48. The Balaban J connectivity index is 2.53. The topological polar surface area (TPSA) is 43.4 Å². The molecule has 0 aromatic carbocycles. The molecule has 1 heterocycles. The number of rotatable bonds is 1. The van der Waals surface area contributed by atoms with E-state index < -0.39 is 5.41 Å². The highest BCUT2D eigenvalue weighted by Gasteiger charge is 2.60. The van der Waals surface area contributed by atoms with Crippen LogP contribution in [0.25, 0.3) is 0 Å². The molecule has 0 aromatic heterocycles. The molecule has 2 rings (SSSR count). The molecule has 1 aliphatic carbocycles. The van der Waals surface area contributed by atoms with E-state index in [1.54, 1.807) is 0 Å². The Labute approximate surface area is 76.8 Å². The zero-order chi connectivity index (χ0) is 9.64. The fourth-order valence-corrected chi connectivity index (χ4v) is 2.54. The number of cyclic esters (lactones) is 1.